The van der Waals surface area contributed by atoms with Crippen LogP contribution in [0.2, 0.25) is 0 Å². The van der Waals surface area contributed by atoms with Crippen molar-refractivity contribution in [2.24, 2.45) is 0 Å². The molecule has 4 heteroatoms. The number of hydrogen-bond acceptors (Lipinski definition) is 4. The number of pyridine rings is 1. The van der Waals surface area contributed by atoms with Crippen molar-refractivity contribution in [3.63, 3.8) is 0 Å². The summed E-state index contributed by atoms with van der Waals surface area (Å²) in [7, 11) is 0. The molecule has 0 radical (unpaired) electrons. The maximum absolute atomic E-state index is 9.58. The second kappa shape index (κ2) is 4.80. The Labute approximate surface area is 95.5 Å². The molecule has 0 amide bonds. The highest BCUT2D eigenvalue weighted by Gasteiger charge is 2.18. The minimum atomic E-state index is -0.527. The first-order chi connectivity index (χ1) is 7.66. The first-order valence-corrected chi connectivity index (χ1v) is 5.74. The van der Waals surface area contributed by atoms with Crippen molar-refractivity contribution in [3.8, 4) is 0 Å². The van der Waals surface area contributed by atoms with Gasteiger partial charge in [-0.25, -0.2) is 0 Å². The lowest BCUT2D eigenvalue weighted by atomic mass is 10.1. The molecule has 0 saturated carbocycles. The Kier molecular flexibility index (Phi) is 3.41. The van der Waals surface area contributed by atoms with Crippen molar-refractivity contribution in [1.29, 1.82) is 0 Å². The van der Waals surface area contributed by atoms with Gasteiger partial charge in [0, 0.05) is 13.1 Å². The van der Waals surface area contributed by atoms with Crippen LogP contribution >= 0.6 is 0 Å². The van der Waals surface area contributed by atoms with E-state index in [1.54, 1.807) is 13.1 Å². The summed E-state index contributed by atoms with van der Waals surface area (Å²) in [6.45, 7) is 3.34. The Bertz CT molecular complexity index is 337. The molecule has 2 atom stereocenters. The van der Waals surface area contributed by atoms with Gasteiger partial charge in [-0.2, -0.15) is 0 Å². The largest absolute Gasteiger partial charge is 0.391 e. The third kappa shape index (κ3) is 2.51. The first kappa shape index (κ1) is 11.4. The molecule has 4 nitrogen and oxygen atoms in total. The van der Waals surface area contributed by atoms with Crippen molar-refractivity contribution < 1.29 is 10.2 Å². The Morgan fingerprint density at radius 2 is 2.31 bits per heavy atom. The van der Waals surface area contributed by atoms with Crippen molar-refractivity contribution in [1.82, 2.24) is 4.98 Å². The maximum Gasteiger partial charge on any atom is 0.0931 e. The fraction of sp³-hybridized carbons (Fsp3) is 0.583. The maximum atomic E-state index is 9.58. The molecule has 0 aliphatic carbocycles. The van der Waals surface area contributed by atoms with Crippen LogP contribution in [0.5, 0.6) is 0 Å². The monoisotopic (exact) mass is 222 g/mol. The number of anilines is 1. The van der Waals surface area contributed by atoms with Crippen molar-refractivity contribution in [2.75, 3.05) is 18.0 Å². The zero-order chi connectivity index (χ0) is 11.5. The Balaban J connectivity index is 2.09. The van der Waals surface area contributed by atoms with Gasteiger partial charge in [0.05, 0.1) is 29.8 Å². The van der Waals surface area contributed by atoms with E-state index in [-0.39, 0.29) is 6.10 Å². The standard InChI is InChI=1S/C12H18N2O2/c1-9(15)12-5-4-10(7-13-12)14-6-2-3-11(16)8-14/h4-5,7,9,11,15-16H,2-3,6,8H2,1H3. The molecule has 2 rings (SSSR count). The van der Waals surface area contributed by atoms with E-state index in [4.69, 9.17) is 0 Å². The molecular weight excluding hydrogens is 204 g/mol. The summed E-state index contributed by atoms with van der Waals surface area (Å²) in [5, 5.41) is 18.9. The van der Waals surface area contributed by atoms with Crippen molar-refractivity contribution in [2.45, 2.75) is 32.0 Å². The molecule has 16 heavy (non-hydrogen) atoms. The normalized spacial score (nSPS) is 23.2. The molecule has 2 unspecified atom stereocenters. The molecule has 1 aromatic rings. The zero-order valence-electron chi connectivity index (χ0n) is 9.50. The number of β-amino-alcohol motifs (C(OH)–C–C–N with tert-alkyl or cyclic N) is 1. The van der Waals surface area contributed by atoms with Gasteiger partial charge in [-0.1, -0.05) is 0 Å². The van der Waals surface area contributed by atoms with Gasteiger partial charge in [0.25, 0.3) is 0 Å². The second-order valence-electron chi connectivity index (χ2n) is 4.36. The van der Waals surface area contributed by atoms with Gasteiger partial charge < -0.3 is 15.1 Å². The van der Waals surface area contributed by atoms with Crippen LogP contribution in [0.1, 0.15) is 31.6 Å². The molecule has 2 N–H and O–H groups in total. The van der Waals surface area contributed by atoms with Gasteiger partial charge in [-0.15, -0.1) is 0 Å². The minimum absolute atomic E-state index is 0.231. The van der Waals surface area contributed by atoms with E-state index in [1.807, 2.05) is 12.1 Å². The Morgan fingerprint density at radius 3 is 2.88 bits per heavy atom. The van der Waals surface area contributed by atoms with Crippen LogP contribution in [0.3, 0.4) is 0 Å². The molecule has 0 spiro atoms. The van der Waals surface area contributed by atoms with E-state index in [2.05, 4.69) is 9.88 Å². The van der Waals surface area contributed by atoms with E-state index >= 15 is 0 Å². The first-order valence-electron chi connectivity index (χ1n) is 5.74. The number of aliphatic hydroxyl groups is 2. The van der Waals surface area contributed by atoms with E-state index in [0.717, 1.165) is 25.1 Å². The third-order valence-corrected chi connectivity index (χ3v) is 2.96. The average molecular weight is 222 g/mol. The molecule has 1 aromatic heterocycles. The number of hydrogen-bond donors (Lipinski definition) is 2. The van der Waals surface area contributed by atoms with E-state index in [1.165, 1.54) is 0 Å². The highest BCUT2D eigenvalue weighted by Crippen LogP contribution is 2.20. The number of aliphatic hydroxyl groups excluding tert-OH is 2. The molecule has 1 fully saturated rings. The van der Waals surface area contributed by atoms with E-state index in [9.17, 15) is 10.2 Å². The highest BCUT2D eigenvalue weighted by molar-refractivity contribution is 5.45. The van der Waals surface area contributed by atoms with Gasteiger partial charge in [-0.3, -0.25) is 4.98 Å². The summed E-state index contributed by atoms with van der Waals surface area (Å²) >= 11 is 0. The summed E-state index contributed by atoms with van der Waals surface area (Å²) in [6, 6.07) is 3.79. The third-order valence-electron chi connectivity index (χ3n) is 2.96. The number of piperidine rings is 1. The predicted molar refractivity (Wildman–Crippen MR) is 62.3 cm³/mol. The van der Waals surface area contributed by atoms with Crippen molar-refractivity contribution in [3.05, 3.63) is 24.0 Å². The molecule has 1 saturated heterocycles. The van der Waals surface area contributed by atoms with E-state index < -0.39 is 6.10 Å². The van der Waals surface area contributed by atoms with Gasteiger partial charge in [0.2, 0.25) is 0 Å². The Morgan fingerprint density at radius 1 is 1.50 bits per heavy atom. The summed E-state index contributed by atoms with van der Waals surface area (Å²) in [4.78, 5) is 6.34. The highest BCUT2D eigenvalue weighted by atomic mass is 16.3. The molecule has 1 aliphatic heterocycles. The van der Waals surface area contributed by atoms with Gasteiger partial charge in [-0.05, 0) is 31.9 Å². The molecule has 0 aromatic carbocycles. The predicted octanol–water partition coefficient (Wildman–Crippen LogP) is 1.10. The van der Waals surface area contributed by atoms with Crippen LogP contribution in [-0.4, -0.2) is 34.4 Å². The number of rotatable bonds is 2. The zero-order valence-corrected chi connectivity index (χ0v) is 9.50. The quantitative estimate of drug-likeness (QED) is 0.786. The molecular formula is C12H18N2O2. The van der Waals surface area contributed by atoms with Crippen molar-refractivity contribution >= 4 is 5.69 Å². The van der Waals surface area contributed by atoms with Crippen LogP contribution in [0.4, 0.5) is 5.69 Å². The van der Waals surface area contributed by atoms with Gasteiger partial charge >= 0.3 is 0 Å². The molecule has 1 aliphatic rings. The topological polar surface area (TPSA) is 56.6 Å². The van der Waals surface area contributed by atoms with Crippen LogP contribution in [0, 0.1) is 0 Å². The average Bonchev–Trinajstić information content (AvgIpc) is 2.29. The second-order valence-corrected chi connectivity index (χ2v) is 4.36. The minimum Gasteiger partial charge on any atom is -0.391 e. The lowest BCUT2D eigenvalue weighted by molar-refractivity contribution is 0.154. The molecule has 0 bridgehead atoms. The SMILES string of the molecule is CC(O)c1ccc(N2CCCC(O)C2)cn1. The molecule has 2 heterocycles. The van der Waals surface area contributed by atoms with Crippen LogP contribution in [-0.2, 0) is 0 Å². The fourth-order valence-corrected chi connectivity index (χ4v) is 2.02. The van der Waals surface area contributed by atoms with E-state index in [0.29, 0.717) is 12.2 Å². The fourth-order valence-electron chi connectivity index (χ4n) is 2.02. The summed E-state index contributed by atoms with van der Waals surface area (Å²) < 4.78 is 0. The van der Waals surface area contributed by atoms with Crippen LogP contribution in [0.25, 0.3) is 0 Å². The van der Waals surface area contributed by atoms with Crippen LogP contribution in [0.15, 0.2) is 18.3 Å². The molecule has 88 valence electrons. The van der Waals surface area contributed by atoms with Crippen LogP contribution < -0.4 is 4.90 Å². The summed E-state index contributed by atoms with van der Waals surface area (Å²) in [5.41, 5.74) is 1.70. The lowest BCUT2D eigenvalue weighted by Crippen LogP contribution is -2.38. The summed E-state index contributed by atoms with van der Waals surface area (Å²) in [5.74, 6) is 0. The summed E-state index contributed by atoms with van der Waals surface area (Å²) in [6.07, 6.45) is 2.90. The number of nitrogens with zero attached hydrogens (tertiary/aromatic N) is 2. The van der Waals surface area contributed by atoms with Gasteiger partial charge in [0.1, 0.15) is 0 Å². The lowest BCUT2D eigenvalue weighted by Gasteiger charge is -2.31. The Hall–Kier alpha value is -1.13. The number of aromatic nitrogens is 1. The smallest absolute Gasteiger partial charge is 0.0931 e. The van der Waals surface area contributed by atoms with Gasteiger partial charge in [0.15, 0.2) is 0 Å².